The van der Waals surface area contributed by atoms with Crippen LogP contribution >= 0.6 is 0 Å². The van der Waals surface area contributed by atoms with Crippen molar-refractivity contribution in [1.82, 2.24) is 25.4 Å². The zero-order chi connectivity index (χ0) is 14.5. The van der Waals surface area contributed by atoms with Crippen molar-refractivity contribution in [2.24, 2.45) is 0 Å². The van der Waals surface area contributed by atoms with Gasteiger partial charge in [0.15, 0.2) is 0 Å². The van der Waals surface area contributed by atoms with Crippen LogP contribution in [-0.2, 0) is 24.2 Å². The van der Waals surface area contributed by atoms with Gasteiger partial charge in [-0.2, -0.15) is 0 Å². The molecule has 3 heterocycles. The van der Waals surface area contributed by atoms with Gasteiger partial charge >= 0.3 is 0 Å². The van der Waals surface area contributed by atoms with E-state index < -0.39 is 0 Å². The van der Waals surface area contributed by atoms with Gasteiger partial charge in [0.1, 0.15) is 11.6 Å². The third-order valence-corrected chi connectivity index (χ3v) is 4.44. The SMILES string of the molecule is O=C(NCCCc1nnc2n1CCCCC2)[C@@H]1CCCN1. The summed E-state index contributed by atoms with van der Waals surface area (Å²) in [6, 6.07) is 0.0226. The molecule has 6 nitrogen and oxygen atoms in total. The molecular weight excluding hydrogens is 266 g/mol. The molecule has 0 aromatic carbocycles. The molecular formula is C15H25N5O. The van der Waals surface area contributed by atoms with Crippen molar-refractivity contribution in [3.8, 4) is 0 Å². The number of amides is 1. The van der Waals surface area contributed by atoms with Gasteiger partial charge in [0, 0.05) is 25.9 Å². The minimum atomic E-state index is 0.0226. The van der Waals surface area contributed by atoms with Crippen LogP contribution in [0.25, 0.3) is 0 Å². The van der Waals surface area contributed by atoms with Gasteiger partial charge in [-0.25, -0.2) is 0 Å². The molecule has 0 radical (unpaired) electrons. The van der Waals surface area contributed by atoms with E-state index in [4.69, 9.17) is 0 Å². The fourth-order valence-electron chi connectivity index (χ4n) is 3.22. The molecule has 2 N–H and O–H groups in total. The summed E-state index contributed by atoms with van der Waals surface area (Å²) in [7, 11) is 0. The molecule has 0 spiro atoms. The highest BCUT2D eigenvalue weighted by atomic mass is 16.2. The fourth-order valence-corrected chi connectivity index (χ4v) is 3.22. The predicted molar refractivity (Wildman–Crippen MR) is 79.9 cm³/mol. The van der Waals surface area contributed by atoms with Gasteiger partial charge in [0.25, 0.3) is 0 Å². The molecule has 3 rings (SSSR count). The second-order valence-corrected chi connectivity index (χ2v) is 6.04. The van der Waals surface area contributed by atoms with E-state index in [9.17, 15) is 4.79 Å². The van der Waals surface area contributed by atoms with Crippen LogP contribution in [0.5, 0.6) is 0 Å². The number of carbonyl (C=O) groups excluding carboxylic acids is 1. The van der Waals surface area contributed by atoms with Crippen LogP contribution in [-0.4, -0.2) is 39.8 Å². The van der Waals surface area contributed by atoms with Crippen molar-refractivity contribution >= 4 is 5.91 Å². The largest absolute Gasteiger partial charge is 0.355 e. The van der Waals surface area contributed by atoms with Crippen LogP contribution in [0.2, 0.25) is 0 Å². The molecule has 0 saturated carbocycles. The molecule has 116 valence electrons. The zero-order valence-corrected chi connectivity index (χ0v) is 12.6. The summed E-state index contributed by atoms with van der Waals surface area (Å²) in [5.41, 5.74) is 0. The number of hydrogen-bond acceptors (Lipinski definition) is 4. The summed E-state index contributed by atoms with van der Waals surface area (Å²) >= 11 is 0. The van der Waals surface area contributed by atoms with E-state index in [0.29, 0.717) is 0 Å². The van der Waals surface area contributed by atoms with Crippen LogP contribution in [0, 0.1) is 0 Å². The number of carbonyl (C=O) groups is 1. The Kier molecular flexibility index (Phi) is 4.85. The normalized spacial score (nSPS) is 21.8. The maximum atomic E-state index is 11.9. The molecule has 1 fully saturated rings. The second kappa shape index (κ2) is 7.02. The van der Waals surface area contributed by atoms with Gasteiger partial charge in [-0.1, -0.05) is 6.42 Å². The number of nitrogens with zero attached hydrogens (tertiary/aromatic N) is 3. The third kappa shape index (κ3) is 3.61. The Morgan fingerprint density at radius 2 is 2.24 bits per heavy atom. The minimum absolute atomic E-state index is 0.0226. The first-order valence-corrected chi connectivity index (χ1v) is 8.26. The number of rotatable bonds is 5. The van der Waals surface area contributed by atoms with E-state index in [2.05, 4.69) is 25.4 Å². The summed E-state index contributed by atoms with van der Waals surface area (Å²) in [6.45, 7) is 2.74. The van der Waals surface area contributed by atoms with E-state index in [0.717, 1.165) is 63.4 Å². The molecule has 1 aromatic rings. The van der Waals surface area contributed by atoms with E-state index in [-0.39, 0.29) is 11.9 Å². The first kappa shape index (κ1) is 14.5. The van der Waals surface area contributed by atoms with Gasteiger partial charge in [-0.15, -0.1) is 10.2 Å². The Bertz CT molecular complexity index is 478. The molecule has 0 bridgehead atoms. The van der Waals surface area contributed by atoms with Crippen molar-refractivity contribution in [3.63, 3.8) is 0 Å². The van der Waals surface area contributed by atoms with Gasteiger partial charge in [-0.3, -0.25) is 4.79 Å². The average Bonchev–Trinajstić information content (AvgIpc) is 3.09. The van der Waals surface area contributed by atoms with Crippen molar-refractivity contribution in [1.29, 1.82) is 0 Å². The average molecular weight is 291 g/mol. The van der Waals surface area contributed by atoms with Crippen LogP contribution in [0.3, 0.4) is 0 Å². The van der Waals surface area contributed by atoms with Crippen molar-refractivity contribution in [2.45, 2.75) is 64.0 Å². The maximum absolute atomic E-state index is 11.9. The van der Waals surface area contributed by atoms with Crippen molar-refractivity contribution in [2.75, 3.05) is 13.1 Å². The lowest BCUT2D eigenvalue weighted by atomic mass is 10.2. The quantitative estimate of drug-likeness (QED) is 0.787. The van der Waals surface area contributed by atoms with E-state index in [1.165, 1.54) is 19.3 Å². The first-order chi connectivity index (χ1) is 10.3. The molecule has 1 atom stereocenters. The lowest BCUT2D eigenvalue weighted by molar-refractivity contribution is -0.122. The van der Waals surface area contributed by atoms with Crippen LogP contribution < -0.4 is 10.6 Å². The smallest absolute Gasteiger partial charge is 0.237 e. The third-order valence-electron chi connectivity index (χ3n) is 4.44. The van der Waals surface area contributed by atoms with Crippen molar-refractivity contribution < 1.29 is 4.79 Å². The van der Waals surface area contributed by atoms with Gasteiger partial charge in [0.2, 0.25) is 5.91 Å². The standard InChI is InChI=1S/C15H25N5O/c21-15(12-6-4-9-16-12)17-10-5-8-14-19-18-13-7-2-1-3-11-20(13)14/h12,16H,1-11H2,(H,17,21)/t12-/m0/s1. The Morgan fingerprint density at radius 1 is 1.29 bits per heavy atom. The minimum Gasteiger partial charge on any atom is -0.355 e. The van der Waals surface area contributed by atoms with E-state index in [1.807, 2.05) is 0 Å². The summed E-state index contributed by atoms with van der Waals surface area (Å²) < 4.78 is 2.29. The first-order valence-electron chi connectivity index (χ1n) is 8.26. The van der Waals surface area contributed by atoms with E-state index >= 15 is 0 Å². The zero-order valence-electron chi connectivity index (χ0n) is 12.6. The Morgan fingerprint density at radius 3 is 3.10 bits per heavy atom. The highest BCUT2D eigenvalue weighted by Gasteiger charge is 2.21. The van der Waals surface area contributed by atoms with Gasteiger partial charge in [-0.05, 0) is 38.6 Å². The number of nitrogens with one attached hydrogen (secondary N) is 2. The molecule has 0 aliphatic carbocycles. The molecule has 2 aliphatic rings. The molecule has 1 amide bonds. The predicted octanol–water partition coefficient (Wildman–Crippen LogP) is 0.805. The summed E-state index contributed by atoms with van der Waals surface area (Å²) in [5.74, 6) is 2.37. The number of fused-ring (bicyclic) bond motifs is 1. The number of aryl methyl sites for hydroxylation is 2. The fraction of sp³-hybridized carbons (Fsp3) is 0.800. The molecule has 0 unspecified atom stereocenters. The highest BCUT2D eigenvalue weighted by Crippen LogP contribution is 2.15. The lowest BCUT2D eigenvalue weighted by Crippen LogP contribution is -2.40. The Hall–Kier alpha value is -1.43. The van der Waals surface area contributed by atoms with Crippen LogP contribution in [0.4, 0.5) is 0 Å². The van der Waals surface area contributed by atoms with E-state index in [1.54, 1.807) is 0 Å². The monoisotopic (exact) mass is 291 g/mol. The summed E-state index contributed by atoms with van der Waals surface area (Å²) in [6.07, 6.45) is 8.67. The van der Waals surface area contributed by atoms with Gasteiger partial charge < -0.3 is 15.2 Å². The Labute approximate surface area is 125 Å². The topological polar surface area (TPSA) is 71.8 Å². The van der Waals surface area contributed by atoms with Gasteiger partial charge in [0.05, 0.1) is 6.04 Å². The molecule has 21 heavy (non-hydrogen) atoms. The Balaban J connectivity index is 1.43. The summed E-state index contributed by atoms with van der Waals surface area (Å²) in [5, 5.41) is 14.9. The maximum Gasteiger partial charge on any atom is 0.237 e. The molecule has 1 aromatic heterocycles. The van der Waals surface area contributed by atoms with Crippen LogP contribution in [0.1, 0.15) is 50.2 Å². The molecule has 1 saturated heterocycles. The number of aromatic nitrogens is 3. The summed E-state index contributed by atoms with van der Waals surface area (Å²) in [4.78, 5) is 11.9. The number of hydrogen-bond donors (Lipinski definition) is 2. The highest BCUT2D eigenvalue weighted by molar-refractivity contribution is 5.81. The lowest BCUT2D eigenvalue weighted by Gasteiger charge is -2.11. The van der Waals surface area contributed by atoms with Crippen LogP contribution in [0.15, 0.2) is 0 Å². The van der Waals surface area contributed by atoms with Crippen molar-refractivity contribution in [3.05, 3.63) is 11.6 Å². The molecule has 2 aliphatic heterocycles. The molecule has 6 heteroatoms. The second-order valence-electron chi connectivity index (χ2n) is 6.04.